The van der Waals surface area contributed by atoms with Crippen LogP contribution in [0.1, 0.15) is 25.8 Å². The molecule has 0 aliphatic rings. The van der Waals surface area contributed by atoms with Crippen molar-refractivity contribution < 1.29 is 18.7 Å². The van der Waals surface area contributed by atoms with Crippen LogP contribution in [-0.4, -0.2) is 31.7 Å². The van der Waals surface area contributed by atoms with Gasteiger partial charge in [-0.1, -0.05) is 38.5 Å². The van der Waals surface area contributed by atoms with Gasteiger partial charge in [0.2, 0.25) is 0 Å². The van der Waals surface area contributed by atoms with Crippen LogP contribution in [0.15, 0.2) is 24.3 Å². The van der Waals surface area contributed by atoms with Gasteiger partial charge < -0.3 is 15.4 Å². The lowest BCUT2D eigenvalue weighted by Crippen LogP contribution is -2.49. The molecular formula is C16H23FN2O3. The van der Waals surface area contributed by atoms with Gasteiger partial charge in [-0.2, -0.15) is 0 Å². The van der Waals surface area contributed by atoms with Crippen molar-refractivity contribution in [1.29, 1.82) is 0 Å². The molecule has 0 fully saturated rings. The number of urea groups is 1. The summed E-state index contributed by atoms with van der Waals surface area (Å²) in [7, 11) is 1.29. The summed E-state index contributed by atoms with van der Waals surface area (Å²) in [5.41, 5.74) is 0.536. The monoisotopic (exact) mass is 310 g/mol. The lowest BCUT2D eigenvalue weighted by atomic mass is 9.99. The molecule has 0 spiro atoms. The Morgan fingerprint density at radius 3 is 2.59 bits per heavy atom. The first kappa shape index (κ1) is 17.9. The molecule has 0 bridgehead atoms. The molecular weight excluding hydrogens is 287 g/mol. The van der Waals surface area contributed by atoms with Crippen molar-refractivity contribution >= 4 is 12.0 Å². The molecule has 1 unspecified atom stereocenters. The van der Waals surface area contributed by atoms with E-state index in [1.807, 2.05) is 13.8 Å². The lowest BCUT2D eigenvalue weighted by Gasteiger charge is -2.22. The van der Waals surface area contributed by atoms with E-state index in [1.165, 1.54) is 13.2 Å². The van der Waals surface area contributed by atoms with Gasteiger partial charge in [-0.15, -0.1) is 0 Å². The summed E-state index contributed by atoms with van der Waals surface area (Å²) in [5, 5.41) is 5.22. The van der Waals surface area contributed by atoms with Crippen LogP contribution >= 0.6 is 0 Å². The molecule has 2 N–H and O–H groups in total. The fraction of sp³-hybridized carbons (Fsp3) is 0.500. The van der Waals surface area contributed by atoms with E-state index in [9.17, 15) is 14.0 Å². The summed E-state index contributed by atoms with van der Waals surface area (Å²) in [6, 6.07) is 5.26. The van der Waals surface area contributed by atoms with Crippen LogP contribution in [0.3, 0.4) is 0 Å². The van der Waals surface area contributed by atoms with Crippen LogP contribution in [-0.2, 0) is 16.0 Å². The van der Waals surface area contributed by atoms with Crippen molar-refractivity contribution in [1.82, 2.24) is 10.6 Å². The molecule has 122 valence electrons. The first-order chi connectivity index (χ1) is 10.5. The maximum Gasteiger partial charge on any atom is 0.328 e. The van der Waals surface area contributed by atoms with Crippen molar-refractivity contribution in [3.8, 4) is 0 Å². The summed E-state index contributed by atoms with van der Waals surface area (Å²) in [6.45, 7) is 4.07. The second kappa shape index (κ2) is 9.02. The minimum Gasteiger partial charge on any atom is -0.467 e. The number of esters is 1. The standard InChI is InChI=1S/C16H23FN2O3/c1-4-11(2)14(15(20)22-3)19-16(21)18-10-9-12-7-5-6-8-13(12)17/h5-8,11,14H,4,9-10H2,1-3H3,(H2,18,19,21)/t11?,14-/m0/s1. The Kier molecular flexibility index (Phi) is 7.36. The Morgan fingerprint density at radius 2 is 2.00 bits per heavy atom. The largest absolute Gasteiger partial charge is 0.467 e. The van der Waals surface area contributed by atoms with E-state index in [2.05, 4.69) is 10.6 Å². The molecule has 2 amide bonds. The minimum absolute atomic E-state index is 0.0373. The third-order valence-corrected chi connectivity index (χ3v) is 3.59. The van der Waals surface area contributed by atoms with Gasteiger partial charge in [0, 0.05) is 6.54 Å². The molecule has 2 atom stereocenters. The summed E-state index contributed by atoms with van der Waals surface area (Å²) < 4.78 is 18.1. The van der Waals surface area contributed by atoms with Gasteiger partial charge in [-0.3, -0.25) is 0 Å². The van der Waals surface area contributed by atoms with E-state index >= 15 is 0 Å². The summed E-state index contributed by atoms with van der Waals surface area (Å²) in [5.74, 6) is -0.805. The quantitative estimate of drug-likeness (QED) is 0.759. The molecule has 0 radical (unpaired) electrons. The number of amides is 2. The topological polar surface area (TPSA) is 67.4 Å². The average Bonchev–Trinajstić information content (AvgIpc) is 2.53. The van der Waals surface area contributed by atoms with Crippen LogP contribution in [0.2, 0.25) is 0 Å². The van der Waals surface area contributed by atoms with Crippen LogP contribution in [0.4, 0.5) is 9.18 Å². The van der Waals surface area contributed by atoms with Gasteiger partial charge >= 0.3 is 12.0 Å². The first-order valence-corrected chi connectivity index (χ1v) is 7.35. The number of hydrogen-bond donors (Lipinski definition) is 2. The molecule has 0 aliphatic heterocycles. The number of hydrogen-bond acceptors (Lipinski definition) is 3. The summed E-state index contributed by atoms with van der Waals surface area (Å²) >= 11 is 0. The van der Waals surface area contributed by atoms with Gasteiger partial charge in [0.05, 0.1) is 7.11 Å². The van der Waals surface area contributed by atoms with Crippen molar-refractivity contribution in [3.63, 3.8) is 0 Å². The Bertz CT molecular complexity index is 508. The van der Waals surface area contributed by atoms with Crippen LogP contribution < -0.4 is 10.6 Å². The zero-order valence-electron chi connectivity index (χ0n) is 13.2. The van der Waals surface area contributed by atoms with Crippen LogP contribution in [0.5, 0.6) is 0 Å². The molecule has 22 heavy (non-hydrogen) atoms. The maximum absolute atomic E-state index is 13.4. The molecule has 0 heterocycles. The predicted octanol–water partition coefficient (Wildman–Crippen LogP) is 2.26. The molecule has 1 aromatic carbocycles. The number of carbonyl (C=O) groups excluding carboxylic acids is 2. The molecule has 6 heteroatoms. The molecule has 0 aromatic heterocycles. The van der Waals surface area contributed by atoms with E-state index in [1.54, 1.807) is 18.2 Å². The zero-order valence-corrected chi connectivity index (χ0v) is 13.2. The van der Waals surface area contributed by atoms with Crippen LogP contribution in [0, 0.1) is 11.7 Å². The van der Waals surface area contributed by atoms with Crippen molar-refractivity contribution in [2.45, 2.75) is 32.7 Å². The molecule has 5 nitrogen and oxygen atoms in total. The van der Waals surface area contributed by atoms with Crippen molar-refractivity contribution in [2.24, 2.45) is 5.92 Å². The number of rotatable bonds is 7. The van der Waals surface area contributed by atoms with Gasteiger partial charge in [0.15, 0.2) is 0 Å². The highest BCUT2D eigenvalue weighted by molar-refractivity contribution is 5.83. The number of methoxy groups -OCH3 is 1. The summed E-state index contributed by atoms with van der Waals surface area (Å²) in [4.78, 5) is 23.5. The van der Waals surface area contributed by atoms with E-state index in [0.717, 1.165) is 6.42 Å². The fourth-order valence-electron chi connectivity index (χ4n) is 2.00. The second-order valence-electron chi connectivity index (χ2n) is 5.13. The van der Waals surface area contributed by atoms with Gasteiger partial charge in [-0.25, -0.2) is 14.0 Å². The third-order valence-electron chi connectivity index (χ3n) is 3.59. The molecule has 0 saturated heterocycles. The fourth-order valence-corrected chi connectivity index (χ4v) is 2.00. The Labute approximate surface area is 130 Å². The van der Waals surface area contributed by atoms with E-state index < -0.39 is 18.0 Å². The molecule has 0 saturated carbocycles. The Hall–Kier alpha value is -2.11. The Balaban J connectivity index is 2.47. The number of halogens is 1. The number of ether oxygens (including phenoxy) is 1. The number of nitrogens with one attached hydrogen (secondary N) is 2. The van der Waals surface area contributed by atoms with Crippen LogP contribution in [0.25, 0.3) is 0 Å². The van der Waals surface area contributed by atoms with E-state index in [4.69, 9.17) is 4.74 Å². The van der Waals surface area contributed by atoms with Gasteiger partial charge in [0.25, 0.3) is 0 Å². The maximum atomic E-state index is 13.4. The normalized spacial score (nSPS) is 13.1. The Morgan fingerprint density at radius 1 is 1.32 bits per heavy atom. The molecule has 0 aliphatic carbocycles. The molecule has 1 rings (SSSR count). The average molecular weight is 310 g/mol. The van der Waals surface area contributed by atoms with Gasteiger partial charge in [0.1, 0.15) is 11.9 Å². The third kappa shape index (κ3) is 5.35. The predicted molar refractivity (Wildman–Crippen MR) is 81.9 cm³/mol. The highest BCUT2D eigenvalue weighted by atomic mass is 19.1. The summed E-state index contributed by atoms with van der Waals surface area (Å²) in [6.07, 6.45) is 1.11. The van der Waals surface area contributed by atoms with Gasteiger partial charge in [-0.05, 0) is 24.0 Å². The van der Waals surface area contributed by atoms with Crippen molar-refractivity contribution in [3.05, 3.63) is 35.6 Å². The lowest BCUT2D eigenvalue weighted by molar-refractivity contribution is -0.144. The SMILES string of the molecule is CCC(C)[C@H](NC(=O)NCCc1ccccc1F)C(=O)OC. The smallest absolute Gasteiger partial charge is 0.328 e. The highest BCUT2D eigenvalue weighted by Crippen LogP contribution is 2.09. The minimum atomic E-state index is -0.691. The first-order valence-electron chi connectivity index (χ1n) is 7.35. The second-order valence-corrected chi connectivity index (χ2v) is 5.13. The highest BCUT2D eigenvalue weighted by Gasteiger charge is 2.26. The van der Waals surface area contributed by atoms with E-state index in [-0.39, 0.29) is 18.3 Å². The van der Waals surface area contributed by atoms with E-state index in [0.29, 0.717) is 12.0 Å². The number of benzene rings is 1. The van der Waals surface area contributed by atoms with Crippen molar-refractivity contribution in [2.75, 3.05) is 13.7 Å². The zero-order chi connectivity index (χ0) is 16.5. The number of carbonyl (C=O) groups is 2. The molecule has 1 aromatic rings.